The second-order valence-electron chi connectivity index (χ2n) is 4.75. The van der Waals surface area contributed by atoms with Gasteiger partial charge in [0, 0.05) is 18.3 Å². The van der Waals surface area contributed by atoms with Crippen LogP contribution >= 0.6 is 11.8 Å². The molecular weight excluding hydrogens is 242 g/mol. The molecule has 1 heterocycles. The lowest BCUT2D eigenvalue weighted by Gasteiger charge is -2.04. The Kier molecular flexibility index (Phi) is 3.39. The van der Waals surface area contributed by atoms with E-state index in [1.54, 1.807) is 11.8 Å². The second-order valence-corrected chi connectivity index (χ2v) is 5.72. The van der Waals surface area contributed by atoms with Crippen molar-refractivity contribution >= 4 is 22.8 Å². The zero-order valence-corrected chi connectivity index (χ0v) is 11.1. The van der Waals surface area contributed by atoms with Gasteiger partial charge in [-0.1, -0.05) is 36.0 Å². The van der Waals surface area contributed by atoms with E-state index in [4.69, 9.17) is 0 Å². The predicted molar refractivity (Wildman–Crippen MR) is 77.0 cm³/mol. The quantitative estimate of drug-likeness (QED) is 0.619. The molecule has 0 radical (unpaired) electrons. The normalized spacial score (nSPS) is 15.1. The van der Waals surface area contributed by atoms with Crippen LogP contribution in [-0.2, 0) is 0 Å². The van der Waals surface area contributed by atoms with Crippen LogP contribution in [0.5, 0.6) is 0 Å². The largest absolute Gasteiger partial charge is 0.333 e. The van der Waals surface area contributed by atoms with E-state index >= 15 is 0 Å². The molecule has 0 saturated heterocycles. The summed E-state index contributed by atoms with van der Waals surface area (Å²) in [4.78, 5) is 7.86. The number of H-pyrrole nitrogens is 1. The maximum Gasteiger partial charge on any atom is 0.166 e. The number of hydrogen-bond donors (Lipinski definition) is 2. The maximum atomic E-state index is 4.54. The molecule has 3 nitrogen and oxygen atoms in total. The number of benzene rings is 1. The number of thioether (sulfide) groups is 1. The van der Waals surface area contributed by atoms with E-state index in [0.717, 1.165) is 34.5 Å². The first kappa shape index (κ1) is 11.8. The Bertz CT molecular complexity index is 524. The van der Waals surface area contributed by atoms with Gasteiger partial charge in [-0.2, -0.15) is 0 Å². The molecule has 0 spiro atoms. The van der Waals surface area contributed by atoms with Crippen molar-refractivity contribution < 1.29 is 0 Å². The van der Waals surface area contributed by atoms with Crippen molar-refractivity contribution in [1.82, 2.24) is 15.3 Å². The van der Waals surface area contributed by atoms with Crippen LogP contribution in [-0.4, -0.2) is 28.3 Å². The van der Waals surface area contributed by atoms with Crippen molar-refractivity contribution in [3.63, 3.8) is 0 Å². The molecule has 1 saturated carbocycles. The molecule has 0 aliphatic heterocycles. The number of fused-ring (bicyclic) bond motifs is 1. The molecule has 1 aliphatic carbocycles. The van der Waals surface area contributed by atoms with E-state index in [1.807, 2.05) is 18.2 Å². The molecule has 2 N–H and O–H groups in total. The molecule has 2 aromatic rings. The first-order chi connectivity index (χ1) is 8.81. The van der Waals surface area contributed by atoms with Crippen molar-refractivity contribution in [2.24, 2.45) is 0 Å². The lowest BCUT2D eigenvalue weighted by Crippen LogP contribution is -2.19. The summed E-state index contributed by atoms with van der Waals surface area (Å²) in [7, 11) is 0. The Morgan fingerprint density at radius 3 is 3.06 bits per heavy atom. The van der Waals surface area contributed by atoms with Crippen LogP contribution in [0.2, 0.25) is 0 Å². The highest BCUT2D eigenvalue weighted by Gasteiger charge is 2.20. The molecule has 0 unspecified atom stereocenters. The molecule has 3 rings (SSSR count). The third-order valence-corrected chi connectivity index (χ3v) is 4.02. The molecule has 1 aromatic carbocycles. The van der Waals surface area contributed by atoms with Crippen molar-refractivity contribution in [1.29, 1.82) is 0 Å². The Morgan fingerprint density at radius 2 is 2.28 bits per heavy atom. The van der Waals surface area contributed by atoms with E-state index in [1.165, 1.54) is 18.4 Å². The summed E-state index contributed by atoms with van der Waals surface area (Å²) in [6.45, 7) is 5.03. The summed E-state index contributed by atoms with van der Waals surface area (Å²) in [6, 6.07) is 8.86. The lowest BCUT2D eigenvalue weighted by molar-refractivity contribution is 0.736. The van der Waals surface area contributed by atoms with Gasteiger partial charge in [0.05, 0.1) is 11.0 Å². The number of aromatic amines is 1. The fourth-order valence-electron chi connectivity index (χ4n) is 1.80. The highest BCUT2D eigenvalue weighted by Crippen LogP contribution is 2.22. The van der Waals surface area contributed by atoms with Crippen LogP contribution in [0.1, 0.15) is 12.8 Å². The van der Waals surface area contributed by atoms with Crippen LogP contribution in [0.15, 0.2) is 41.6 Å². The van der Waals surface area contributed by atoms with Gasteiger partial charge in [0.2, 0.25) is 0 Å². The van der Waals surface area contributed by atoms with Crippen LogP contribution < -0.4 is 5.32 Å². The van der Waals surface area contributed by atoms with Gasteiger partial charge in [-0.05, 0) is 25.0 Å². The van der Waals surface area contributed by atoms with Crippen LogP contribution in [0, 0.1) is 0 Å². The van der Waals surface area contributed by atoms with Gasteiger partial charge in [0.15, 0.2) is 5.16 Å². The molecule has 1 aromatic heterocycles. The van der Waals surface area contributed by atoms with E-state index < -0.39 is 0 Å². The van der Waals surface area contributed by atoms with Gasteiger partial charge in [-0.25, -0.2) is 4.98 Å². The number of nitrogens with one attached hydrogen (secondary N) is 2. The summed E-state index contributed by atoms with van der Waals surface area (Å²) in [5.74, 6) is 0.916. The van der Waals surface area contributed by atoms with Crippen molar-refractivity contribution in [2.45, 2.75) is 24.0 Å². The molecule has 1 aliphatic rings. The minimum Gasteiger partial charge on any atom is -0.333 e. The van der Waals surface area contributed by atoms with Crippen LogP contribution in [0.4, 0.5) is 0 Å². The third kappa shape index (κ3) is 2.94. The number of aromatic nitrogens is 2. The smallest absolute Gasteiger partial charge is 0.166 e. The number of rotatable bonds is 6. The molecule has 94 valence electrons. The summed E-state index contributed by atoms with van der Waals surface area (Å²) in [5.41, 5.74) is 3.36. The topological polar surface area (TPSA) is 40.7 Å². The first-order valence-corrected chi connectivity index (χ1v) is 7.27. The molecule has 18 heavy (non-hydrogen) atoms. The summed E-state index contributed by atoms with van der Waals surface area (Å²) in [6.07, 6.45) is 2.65. The standard InChI is InChI=1S/C14H17N3S/c1-10(8-15-11-6-7-11)9-18-14-16-12-4-2-3-5-13(12)17-14/h2-5,11,15H,1,6-9H2,(H,16,17). The van der Waals surface area contributed by atoms with Gasteiger partial charge >= 0.3 is 0 Å². The molecule has 0 bridgehead atoms. The van der Waals surface area contributed by atoms with Crippen molar-refractivity contribution in [2.75, 3.05) is 12.3 Å². The SMILES string of the molecule is C=C(CNC1CC1)CSc1nc2ccccc2[nH]1. The first-order valence-electron chi connectivity index (χ1n) is 6.29. The average Bonchev–Trinajstić information content (AvgIpc) is 3.11. The zero-order valence-electron chi connectivity index (χ0n) is 10.3. The fourth-order valence-corrected chi connectivity index (χ4v) is 2.58. The predicted octanol–water partition coefficient (Wildman–Crippen LogP) is 2.96. The van der Waals surface area contributed by atoms with E-state index in [-0.39, 0.29) is 0 Å². The van der Waals surface area contributed by atoms with Crippen molar-refractivity contribution in [3.8, 4) is 0 Å². The Labute approximate surface area is 111 Å². The van der Waals surface area contributed by atoms with Gasteiger partial charge in [0.1, 0.15) is 0 Å². The highest BCUT2D eigenvalue weighted by atomic mass is 32.2. The maximum absolute atomic E-state index is 4.54. The van der Waals surface area contributed by atoms with Crippen LogP contribution in [0.25, 0.3) is 11.0 Å². The fraction of sp³-hybridized carbons (Fsp3) is 0.357. The molecule has 4 heteroatoms. The monoisotopic (exact) mass is 259 g/mol. The molecule has 0 amide bonds. The highest BCUT2D eigenvalue weighted by molar-refractivity contribution is 7.99. The molecule has 1 fully saturated rings. The summed E-state index contributed by atoms with van der Waals surface area (Å²) in [5, 5.41) is 4.45. The minimum absolute atomic E-state index is 0.748. The summed E-state index contributed by atoms with van der Waals surface area (Å²) >= 11 is 1.72. The van der Waals surface area contributed by atoms with Gasteiger partial charge in [-0.15, -0.1) is 0 Å². The molecule has 0 atom stereocenters. The minimum atomic E-state index is 0.748. The van der Waals surface area contributed by atoms with Crippen molar-refractivity contribution in [3.05, 3.63) is 36.4 Å². The Balaban J connectivity index is 1.53. The summed E-state index contributed by atoms with van der Waals surface area (Å²) < 4.78 is 0. The lowest BCUT2D eigenvalue weighted by atomic mass is 10.3. The third-order valence-electron chi connectivity index (χ3n) is 3.00. The van der Waals surface area contributed by atoms with Gasteiger partial charge < -0.3 is 10.3 Å². The number of imidazole rings is 1. The number of para-hydroxylation sites is 2. The van der Waals surface area contributed by atoms with Gasteiger partial charge in [0.25, 0.3) is 0 Å². The molecular formula is C14H17N3S. The van der Waals surface area contributed by atoms with Crippen LogP contribution in [0.3, 0.4) is 0 Å². The zero-order chi connectivity index (χ0) is 12.4. The Morgan fingerprint density at radius 1 is 1.44 bits per heavy atom. The number of hydrogen-bond acceptors (Lipinski definition) is 3. The Hall–Kier alpha value is -1.26. The second kappa shape index (κ2) is 5.16. The van der Waals surface area contributed by atoms with Gasteiger partial charge in [-0.3, -0.25) is 0 Å². The average molecular weight is 259 g/mol. The number of nitrogens with zero attached hydrogens (tertiary/aromatic N) is 1. The van der Waals surface area contributed by atoms with E-state index in [9.17, 15) is 0 Å². The van der Waals surface area contributed by atoms with E-state index in [2.05, 4.69) is 27.9 Å². The van der Waals surface area contributed by atoms with E-state index in [0.29, 0.717) is 0 Å².